The number of carbonyl (C=O) groups excluding carboxylic acids is 1. The molecule has 0 saturated carbocycles. The minimum atomic E-state index is -2.95. The van der Waals surface area contributed by atoms with Gasteiger partial charge < -0.3 is 19.5 Å². The molecule has 2 aliphatic rings. The van der Waals surface area contributed by atoms with Gasteiger partial charge in [-0.25, -0.2) is 4.98 Å². The van der Waals surface area contributed by atoms with Crippen molar-refractivity contribution in [2.75, 3.05) is 39.4 Å². The Morgan fingerprint density at radius 2 is 2.00 bits per heavy atom. The summed E-state index contributed by atoms with van der Waals surface area (Å²) >= 11 is 0. The standard InChI is InChI=1S/C16H19F2N3O5/c17-15(18)26-11-1-2-12(19-9-11)13(22)20-4-6-21(7-5-20)16(14(23)24)3-8-25-10-16/h1-2,9,15H,3-8,10H2,(H,23,24). The van der Waals surface area contributed by atoms with Crippen LogP contribution in [0.1, 0.15) is 16.9 Å². The second-order valence-corrected chi connectivity index (χ2v) is 6.18. The van der Waals surface area contributed by atoms with Gasteiger partial charge in [-0.2, -0.15) is 8.78 Å². The zero-order chi connectivity index (χ0) is 18.7. The SMILES string of the molecule is O=C(c1ccc(OC(F)F)cn1)N1CCN(C2(C(=O)O)CCOC2)CC1. The van der Waals surface area contributed by atoms with Gasteiger partial charge in [0.2, 0.25) is 0 Å². The average Bonchev–Trinajstić information content (AvgIpc) is 3.13. The molecule has 1 amide bonds. The molecule has 1 aromatic heterocycles. The average molecular weight is 371 g/mol. The van der Waals surface area contributed by atoms with Crippen molar-refractivity contribution < 1.29 is 33.0 Å². The Balaban J connectivity index is 1.61. The number of aromatic nitrogens is 1. The molecule has 142 valence electrons. The number of pyridine rings is 1. The first-order chi connectivity index (χ1) is 12.4. The van der Waals surface area contributed by atoms with E-state index < -0.39 is 18.1 Å². The van der Waals surface area contributed by atoms with Crippen molar-refractivity contribution in [1.82, 2.24) is 14.8 Å². The van der Waals surface area contributed by atoms with Crippen LogP contribution < -0.4 is 4.74 Å². The second-order valence-electron chi connectivity index (χ2n) is 6.18. The lowest BCUT2D eigenvalue weighted by atomic mass is 9.95. The van der Waals surface area contributed by atoms with Crippen LogP contribution in [0.4, 0.5) is 8.78 Å². The van der Waals surface area contributed by atoms with Gasteiger partial charge in [0.05, 0.1) is 12.8 Å². The largest absolute Gasteiger partial charge is 0.480 e. The normalized spacial score (nSPS) is 24.0. The van der Waals surface area contributed by atoms with E-state index in [0.29, 0.717) is 39.2 Å². The van der Waals surface area contributed by atoms with Crippen LogP contribution in [0.15, 0.2) is 18.3 Å². The molecule has 0 bridgehead atoms. The quantitative estimate of drug-likeness (QED) is 0.814. The highest BCUT2D eigenvalue weighted by atomic mass is 19.3. The molecule has 1 N–H and O–H groups in total. The van der Waals surface area contributed by atoms with Crippen LogP contribution in [0.25, 0.3) is 0 Å². The molecular weight excluding hydrogens is 352 g/mol. The van der Waals surface area contributed by atoms with Gasteiger partial charge in [-0.1, -0.05) is 0 Å². The van der Waals surface area contributed by atoms with Gasteiger partial charge >= 0.3 is 12.6 Å². The predicted octanol–water partition coefficient (Wildman–Crippen LogP) is 0.685. The minimum absolute atomic E-state index is 0.119. The van der Waals surface area contributed by atoms with Gasteiger partial charge in [-0.3, -0.25) is 14.5 Å². The topological polar surface area (TPSA) is 92.2 Å². The van der Waals surface area contributed by atoms with Crippen molar-refractivity contribution in [3.63, 3.8) is 0 Å². The Hall–Kier alpha value is -2.33. The Bertz CT molecular complexity index is 656. The Kier molecular flexibility index (Phi) is 5.33. The van der Waals surface area contributed by atoms with E-state index in [4.69, 9.17) is 4.74 Å². The number of ether oxygens (including phenoxy) is 2. The highest BCUT2D eigenvalue weighted by Crippen LogP contribution is 2.28. The summed E-state index contributed by atoms with van der Waals surface area (Å²) in [6.45, 7) is -0.878. The van der Waals surface area contributed by atoms with E-state index >= 15 is 0 Å². The summed E-state index contributed by atoms with van der Waals surface area (Å²) in [6.07, 6.45) is 1.49. The third-order valence-corrected chi connectivity index (χ3v) is 4.75. The van der Waals surface area contributed by atoms with Crippen LogP contribution in [-0.4, -0.2) is 83.3 Å². The number of nitrogens with zero attached hydrogens (tertiary/aromatic N) is 3. The summed E-state index contributed by atoms with van der Waals surface area (Å²) in [6, 6.07) is 2.59. The third kappa shape index (κ3) is 3.61. The van der Waals surface area contributed by atoms with Crippen LogP contribution in [-0.2, 0) is 9.53 Å². The summed E-state index contributed by atoms with van der Waals surface area (Å²) < 4.78 is 33.8. The molecule has 10 heteroatoms. The number of amides is 1. The first-order valence-corrected chi connectivity index (χ1v) is 8.19. The Labute approximate surface area is 148 Å². The molecule has 1 unspecified atom stereocenters. The van der Waals surface area contributed by atoms with Gasteiger partial charge in [0.1, 0.15) is 17.0 Å². The molecule has 2 saturated heterocycles. The molecule has 3 heterocycles. The number of carboxylic acids is 1. The van der Waals surface area contributed by atoms with Crippen LogP contribution in [0.3, 0.4) is 0 Å². The predicted molar refractivity (Wildman–Crippen MR) is 84.1 cm³/mol. The Morgan fingerprint density at radius 1 is 1.27 bits per heavy atom. The number of alkyl halides is 2. The van der Waals surface area contributed by atoms with Crippen molar-refractivity contribution in [3.05, 3.63) is 24.0 Å². The molecule has 3 rings (SSSR count). The van der Waals surface area contributed by atoms with Gasteiger partial charge in [-0.05, 0) is 12.1 Å². The van der Waals surface area contributed by atoms with Crippen molar-refractivity contribution in [3.8, 4) is 5.75 Å². The molecule has 2 fully saturated rings. The lowest BCUT2D eigenvalue weighted by Crippen LogP contribution is -2.61. The Morgan fingerprint density at radius 3 is 2.50 bits per heavy atom. The number of piperazine rings is 1. The fraction of sp³-hybridized carbons (Fsp3) is 0.562. The van der Waals surface area contributed by atoms with Crippen molar-refractivity contribution in [2.24, 2.45) is 0 Å². The first kappa shape index (κ1) is 18.5. The van der Waals surface area contributed by atoms with E-state index in [0.717, 1.165) is 6.20 Å². The molecule has 8 nitrogen and oxygen atoms in total. The van der Waals surface area contributed by atoms with E-state index in [2.05, 4.69) is 9.72 Å². The number of halogens is 2. The highest BCUT2D eigenvalue weighted by Gasteiger charge is 2.48. The van der Waals surface area contributed by atoms with E-state index in [9.17, 15) is 23.5 Å². The fourth-order valence-corrected chi connectivity index (χ4v) is 3.29. The van der Waals surface area contributed by atoms with Gasteiger partial charge in [0.15, 0.2) is 0 Å². The molecule has 1 aromatic rings. The second kappa shape index (κ2) is 7.50. The zero-order valence-electron chi connectivity index (χ0n) is 13.9. The molecule has 2 aliphatic heterocycles. The number of rotatable bonds is 5. The van der Waals surface area contributed by atoms with Gasteiger partial charge in [0, 0.05) is 39.2 Å². The van der Waals surface area contributed by atoms with Crippen LogP contribution in [0.5, 0.6) is 5.75 Å². The van der Waals surface area contributed by atoms with E-state index in [1.165, 1.54) is 12.1 Å². The maximum atomic E-state index is 12.5. The zero-order valence-corrected chi connectivity index (χ0v) is 13.9. The lowest BCUT2D eigenvalue weighted by Gasteiger charge is -2.42. The number of carbonyl (C=O) groups is 2. The fourth-order valence-electron chi connectivity index (χ4n) is 3.29. The monoisotopic (exact) mass is 371 g/mol. The van der Waals surface area contributed by atoms with Crippen molar-refractivity contribution in [2.45, 2.75) is 18.6 Å². The third-order valence-electron chi connectivity index (χ3n) is 4.75. The molecular formula is C16H19F2N3O5. The number of aliphatic carboxylic acids is 1. The molecule has 0 radical (unpaired) electrons. The van der Waals surface area contributed by atoms with Crippen molar-refractivity contribution in [1.29, 1.82) is 0 Å². The van der Waals surface area contributed by atoms with E-state index in [1.807, 2.05) is 4.90 Å². The molecule has 0 aromatic carbocycles. The summed E-state index contributed by atoms with van der Waals surface area (Å²) in [4.78, 5) is 31.5. The van der Waals surface area contributed by atoms with Gasteiger partial charge in [-0.15, -0.1) is 0 Å². The summed E-state index contributed by atoms with van der Waals surface area (Å²) in [7, 11) is 0. The smallest absolute Gasteiger partial charge is 0.387 e. The summed E-state index contributed by atoms with van der Waals surface area (Å²) in [5.41, 5.74) is -0.904. The summed E-state index contributed by atoms with van der Waals surface area (Å²) in [5.74, 6) is -1.36. The van der Waals surface area contributed by atoms with Crippen LogP contribution in [0.2, 0.25) is 0 Å². The highest BCUT2D eigenvalue weighted by molar-refractivity contribution is 5.92. The molecule has 26 heavy (non-hydrogen) atoms. The maximum absolute atomic E-state index is 12.5. The van der Waals surface area contributed by atoms with E-state index in [1.54, 1.807) is 4.90 Å². The van der Waals surface area contributed by atoms with Crippen LogP contribution in [0, 0.1) is 0 Å². The van der Waals surface area contributed by atoms with Gasteiger partial charge in [0.25, 0.3) is 5.91 Å². The number of hydrogen-bond acceptors (Lipinski definition) is 6. The molecule has 0 spiro atoms. The molecule has 0 aliphatic carbocycles. The first-order valence-electron chi connectivity index (χ1n) is 8.19. The summed E-state index contributed by atoms with van der Waals surface area (Å²) in [5, 5.41) is 9.58. The van der Waals surface area contributed by atoms with Crippen LogP contribution >= 0.6 is 0 Å². The van der Waals surface area contributed by atoms with E-state index in [-0.39, 0.29) is 24.0 Å². The lowest BCUT2D eigenvalue weighted by molar-refractivity contribution is -0.152. The molecule has 1 atom stereocenters. The minimum Gasteiger partial charge on any atom is -0.480 e. The maximum Gasteiger partial charge on any atom is 0.387 e. The number of carboxylic acid groups (broad SMARTS) is 1. The number of hydrogen-bond donors (Lipinski definition) is 1. The van der Waals surface area contributed by atoms with Crippen molar-refractivity contribution >= 4 is 11.9 Å².